The van der Waals surface area contributed by atoms with Crippen LogP contribution in [0.3, 0.4) is 0 Å². The van der Waals surface area contributed by atoms with Gasteiger partial charge in [-0.15, -0.1) is 0 Å². The van der Waals surface area contributed by atoms with Crippen LogP contribution < -0.4 is 5.32 Å². The standard InChI is InChI=1S/C15H11ClFNO3/c16-12-8-10(17)6-7-11(12)14(19)18-13(15(20)21)9-4-2-1-3-5-9/h1-8,13H,(H,18,19)(H,20,21)/t13-/m1/s1. The summed E-state index contributed by atoms with van der Waals surface area (Å²) in [6.45, 7) is 0. The van der Waals surface area contributed by atoms with E-state index in [1.54, 1.807) is 30.3 Å². The van der Waals surface area contributed by atoms with E-state index in [2.05, 4.69) is 5.32 Å². The van der Waals surface area contributed by atoms with Crippen LogP contribution in [-0.2, 0) is 4.79 Å². The maximum Gasteiger partial charge on any atom is 0.330 e. The van der Waals surface area contributed by atoms with Gasteiger partial charge < -0.3 is 10.4 Å². The first kappa shape index (κ1) is 15.0. The number of carbonyl (C=O) groups is 2. The van der Waals surface area contributed by atoms with Crippen molar-refractivity contribution < 1.29 is 19.1 Å². The minimum atomic E-state index is -1.21. The number of carboxylic acids is 1. The summed E-state index contributed by atoms with van der Waals surface area (Å²) < 4.78 is 13.0. The van der Waals surface area contributed by atoms with Gasteiger partial charge in [0.15, 0.2) is 6.04 Å². The van der Waals surface area contributed by atoms with Crippen molar-refractivity contribution in [2.75, 3.05) is 0 Å². The molecule has 6 heteroatoms. The highest BCUT2D eigenvalue weighted by atomic mass is 35.5. The average molecular weight is 308 g/mol. The molecule has 0 saturated heterocycles. The van der Waals surface area contributed by atoms with Gasteiger partial charge in [0.1, 0.15) is 5.82 Å². The number of carbonyl (C=O) groups excluding carboxylic acids is 1. The zero-order valence-corrected chi connectivity index (χ0v) is 11.5. The molecular formula is C15H11ClFNO3. The summed E-state index contributed by atoms with van der Waals surface area (Å²) in [6.07, 6.45) is 0. The van der Waals surface area contributed by atoms with Crippen LogP contribution in [0.2, 0.25) is 5.02 Å². The molecule has 2 aromatic rings. The van der Waals surface area contributed by atoms with E-state index in [0.29, 0.717) is 5.56 Å². The van der Waals surface area contributed by atoms with Crippen molar-refractivity contribution in [1.82, 2.24) is 5.32 Å². The van der Waals surface area contributed by atoms with E-state index in [4.69, 9.17) is 11.6 Å². The van der Waals surface area contributed by atoms with E-state index >= 15 is 0 Å². The molecule has 1 atom stereocenters. The molecule has 2 rings (SSSR count). The minimum Gasteiger partial charge on any atom is -0.479 e. The summed E-state index contributed by atoms with van der Waals surface area (Å²) in [5, 5.41) is 11.5. The molecule has 0 fully saturated rings. The van der Waals surface area contributed by atoms with Crippen molar-refractivity contribution in [3.05, 3.63) is 70.5 Å². The molecule has 0 spiro atoms. The van der Waals surface area contributed by atoms with E-state index in [1.807, 2.05) is 0 Å². The van der Waals surface area contributed by atoms with Gasteiger partial charge in [-0.2, -0.15) is 0 Å². The molecule has 0 unspecified atom stereocenters. The Morgan fingerprint density at radius 3 is 2.38 bits per heavy atom. The van der Waals surface area contributed by atoms with Gasteiger partial charge in [0.05, 0.1) is 10.6 Å². The minimum absolute atomic E-state index is 0.0141. The van der Waals surface area contributed by atoms with E-state index in [9.17, 15) is 19.1 Å². The molecule has 0 aliphatic rings. The summed E-state index contributed by atoms with van der Waals surface area (Å²) in [5.41, 5.74) is 0.442. The number of halogens is 2. The fraction of sp³-hybridized carbons (Fsp3) is 0.0667. The van der Waals surface area contributed by atoms with Crippen molar-refractivity contribution in [2.45, 2.75) is 6.04 Å². The van der Waals surface area contributed by atoms with Crippen molar-refractivity contribution >= 4 is 23.5 Å². The SMILES string of the molecule is O=C(N[C@@H](C(=O)O)c1ccccc1)c1ccc(F)cc1Cl. The Bertz CT molecular complexity index is 676. The first-order valence-electron chi connectivity index (χ1n) is 6.02. The Hall–Kier alpha value is -2.40. The Morgan fingerprint density at radius 1 is 1.14 bits per heavy atom. The summed E-state index contributed by atoms with van der Waals surface area (Å²) >= 11 is 5.79. The zero-order valence-electron chi connectivity index (χ0n) is 10.7. The number of rotatable bonds is 4. The lowest BCUT2D eigenvalue weighted by Gasteiger charge is -2.15. The van der Waals surface area contributed by atoms with Crippen LogP contribution >= 0.6 is 11.6 Å². The third kappa shape index (κ3) is 3.58. The highest BCUT2D eigenvalue weighted by Gasteiger charge is 2.23. The molecule has 0 heterocycles. The number of benzene rings is 2. The predicted molar refractivity (Wildman–Crippen MR) is 75.7 cm³/mol. The second kappa shape index (κ2) is 6.37. The first-order valence-corrected chi connectivity index (χ1v) is 6.40. The van der Waals surface area contributed by atoms with Crippen molar-refractivity contribution in [3.8, 4) is 0 Å². The molecule has 2 N–H and O–H groups in total. The molecular weight excluding hydrogens is 297 g/mol. The molecule has 0 bridgehead atoms. The Balaban J connectivity index is 2.25. The molecule has 0 saturated carbocycles. The van der Waals surface area contributed by atoms with Crippen LogP contribution in [0.25, 0.3) is 0 Å². The van der Waals surface area contributed by atoms with Crippen LogP contribution in [0.5, 0.6) is 0 Å². The normalized spacial score (nSPS) is 11.7. The van der Waals surface area contributed by atoms with Gasteiger partial charge in [-0.1, -0.05) is 41.9 Å². The molecule has 0 radical (unpaired) electrons. The second-order valence-electron chi connectivity index (χ2n) is 4.28. The number of nitrogens with one attached hydrogen (secondary N) is 1. The number of hydrogen-bond acceptors (Lipinski definition) is 2. The molecule has 108 valence electrons. The van der Waals surface area contributed by atoms with Crippen LogP contribution in [0.1, 0.15) is 22.0 Å². The fourth-order valence-corrected chi connectivity index (χ4v) is 2.07. The highest BCUT2D eigenvalue weighted by molar-refractivity contribution is 6.33. The predicted octanol–water partition coefficient (Wildman–Crippen LogP) is 3.03. The largest absolute Gasteiger partial charge is 0.479 e. The quantitative estimate of drug-likeness (QED) is 0.912. The molecule has 0 aliphatic carbocycles. The average Bonchev–Trinajstić information content (AvgIpc) is 2.45. The van der Waals surface area contributed by atoms with Gasteiger partial charge in [0.25, 0.3) is 5.91 Å². The first-order chi connectivity index (χ1) is 9.99. The molecule has 21 heavy (non-hydrogen) atoms. The van der Waals surface area contributed by atoms with E-state index < -0.39 is 23.7 Å². The van der Waals surface area contributed by atoms with E-state index in [-0.39, 0.29) is 10.6 Å². The maximum absolute atomic E-state index is 13.0. The van der Waals surface area contributed by atoms with Crippen LogP contribution in [0, 0.1) is 5.82 Å². The molecule has 4 nitrogen and oxygen atoms in total. The van der Waals surface area contributed by atoms with E-state index in [0.717, 1.165) is 12.1 Å². The molecule has 1 amide bonds. The van der Waals surface area contributed by atoms with Gasteiger partial charge in [-0.05, 0) is 23.8 Å². The molecule has 0 aliphatic heterocycles. The summed E-state index contributed by atoms with van der Waals surface area (Å²) in [7, 11) is 0. The zero-order chi connectivity index (χ0) is 15.4. The van der Waals surface area contributed by atoms with Crippen molar-refractivity contribution in [2.24, 2.45) is 0 Å². The lowest BCUT2D eigenvalue weighted by molar-refractivity contribution is -0.139. The van der Waals surface area contributed by atoms with Crippen LogP contribution in [0.4, 0.5) is 4.39 Å². The van der Waals surface area contributed by atoms with Gasteiger partial charge in [0, 0.05) is 0 Å². The second-order valence-corrected chi connectivity index (χ2v) is 4.69. The molecule has 0 aromatic heterocycles. The van der Waals surface area contributed by atoms with Crippen molar-refractivity contribution in [3.63, 3.8) is 0 Å². The third-order valence-electron chi connectivity index (χ3n) is 2.83. The van der Waals surface area contributed by atoms with Crippen LogP contribution in [-0.4, -0.2) is 17.0 Å². The van der Waals surface area contributed by atoms with Gasteiger partial charge >= 0.3 is 5.97 Å². The number of aliphatic carboxylic acids is 1. The fourth-order valence-electron chi connectivity index (χ4n) is 1.82. The van der Waals surface area contributed by atoms with Crippen LogP contribution in [0.15, 0.2) is 48.5 Å². The van der Waals surface area contributed by atoms with E-state index in [1.165, 1.54) is 6.07 Å². The summed E-state index contributed by atoms with van der Waals surface area (Å²) in [6, 6.07) is 10.3. The molecule has 2 aromatic carbocycles. The third-order valence-corrected chi connectivity index (χ3v) is 3.14. The highest BCUT2D eigenvalue weighted by Crippen LogP contribution is 2.19. The number of amides is 1. The Morgan fingerprint density at radius 2 is 1.81 bits per heavy atom. The Kier molecular flexibility index (Phi) is 4.55. The maximum atomic E-state index is 13.0. The lowest BCUT2D eigenvalue weighted by atomic mass is 10.1. The smallest absolute Gasteiger partial charge is 0.330 e. The Labute approximate surface area is 125 Å². The lowest BCUT2D eigenvalue weighted by Crippen LogP contribution is -2.33. The number of carboxylic acid groups (broad SMARTS) is 1. The number of hydrogen-bond donors (Lipinski definition) is 2. The summed E-state index contributed by atoms with van der Waals surface area (Å²) in [5.74, 6) is -2.46. The van der Waals surface area contributed by atoms with Gasteiger partial charge in [-0.25, -0.2) is 9.18 Å². The van der Waals surface area contributed by atoms with Gasteiger partial charge in [-0.3, -0.25) is 4.79 Å². The monoisotopic (exact) mass is 307 g/mol. The van der Waals surface area contributed by atoms with Gasteiger partial charge in [0.2, 0.25) is 0 Å². The van der Waals surface area contributed by atoms with Crippen molar-refractivity contribution in [1.29, 1.82) is 0 Å². The topological polar surface area (TPSA) is 66.4 Å². The summed E-state index contributed by atoms with van der Waals surface area (Å²) in [4.78, 5) is 23.4.